The first-order chi connectivity index (χ1) is 15.3. The molecule has 2 aliphatic rings. The summed E-state index contributed by atoms with van der Waals surface area (Å²) in [7, 11) is 0. The molecule has 5 heterocycles. The van der Waals surface area contributed by atoms with Crippen LogP contribution >= 0.6 is 0 Å². The summed E-state index contributed by atoms with van der Waals surface area (Å²) in [5.74, 6) is -0.260. The van der Waals surface area contributed by atoms with Crippen molar-refractivity contribution in [2.75, 3.05) is 0 Å². The Kier molecular flexibility index (Phi) is 4.79. The molecule has 0 radical (unpaired) electrons. The number of halogens is 3. The van der Waals surface area contributed by atoms with Gasteiger partial charge in [-0.2, -0.15) is 23.4 Å². The van der Waals surface area contributed by atoms with Crippen LogP contribution < -0.4 is 4.74 Å². The number of ether oxygens (including phenoxy) is 1. The van der Waals surface area contributed by atoms with Crippen molar-refractivity contribution in [2.45, 2.75) is 50.6 Å². The number of hydrogen-bond donors (Lipinski definition) is 0. The van der Waals surface area contributed by atoms with Gasteiger partial charge in [-0.1, -0.05) is 0 Å². The molecule has 166 valence electrons. The first-order valence-electron chi connectivity index (χ1n) is 10.0. The summed E-state index contributed by atoms with van der Waals surface area (Å²) in [6, 6.07) is 1.34. The molecule has 2 saturated heterocycles. The van der Waals surface area contributed by atoms with Crippen molar-refractivity contribution in [3.63, 3.8) is 0 Å². The van der Waals surface area contributed by atoms with E-state index >= 15 is 0 Å². The Morgan fingerprint density at radius 3 is 2.50 bits per heavy atom. The van der Waals surface area contributed by atoms with E-state index in [4.69, 9.17) is 4.74 Å². The minimum atomic E-state index is -4.52. The van der Waals surface area contributed by atoms with Crippen LogP contribution in [0.2, 0.25) is 0 Å². The van der Waals surface area contributed by atoms with E-state index in [0.29, 0.717) is 30.9 Å². The highest BCUT2D eigenvalue weighted by molar-refractivity contribution is 5.96. The van der Waals surface area contributed by atoms with Gasteiger partial charge in [-0.05, 0) is 31.4 Å². The van der Waals surface area contributed by atoms with E-state index in [2.05, 4.69) is 25.1 Å². The number of aryl methyl sites for hydroxylation is 1. The monoisotopic (exact) mass is 445 g/mol. The third-order valence-electron chi connectivity index (χ3n) is 5.77. The van der Waals surface area contributed by atoms with Gasteiger partial charge in [0.15, 0.2) is 5.69 Å². The zero-order valence-corrected chi connectivity index (χ0v) is 16.9. The summed E-state index contributed by atoms with van der Waals surface area (Å²) in [5, 5.41) is 8.24. The van der Waals surface area contributed by atoms with Gasteiger partial charge in [0.05, 0.1) is 24.0 Å². The summed E-state index contributed by atoms with van der Waals surface area (Å²) in [6.45, 7) is 1.86. The molecule has 3 aromatic heterocycles. The fourth-order valence-electron chi connectivity index (χ4n) is 4.37. The van der Waals surface area contributed by atoms with Crippen molar-refractivity contribution in [1.82, 2.24) is 34.8 Å². The van der Waals surface area contributed by atoms with Crippen LogP contribution in [0, 0.1) is 6.92 Å². The lowest BCUT2D eigenvalue weighted by Crippen LogP contribution is -2.40. The van der Waals surface area contributed by atoms with E-state index in [1.54, 1.807) is 17.2 Å². The molecular weight excluding hydrogens is 427 g/mol. The number of alkyl halides is 3. The number of fused-ring (bicyclic) bond motifs is 2. The summed E-state index contributed by atoms with van der Waals surface area (Å²) in [6.07, 6.45) is 3.17. The Balaban J connectivity index is 1.37. The topological polar surface area (TPSA) is 98.9 Å². The van der Waals surface area contributed by atoms with Crippen molar-refractivity contribution in [3.05, 3.63) is 53.9 Å². The largest absolute Gasteiger partial charge is 0.458 e. The molecule has 0 aromatic carbocycles. The van der Waals surface area contributed by atoms with Gasteiger partial charge < -0.3 is 9.64 Å². The van der Waals surface area contributed by atoms with Gasteiger partial charge in [0, 0.05) is 31.1 Å². The lowest BCUT2D eigenvalue weighted by atomic mass is 9.98. The molecule has 32 heavy (non-hydrogen) atoms. The number of carbonyl (C=O) groups excluding carboxylic acids is 1. The maximum absolute atomic E-state index is 13.5. The zero-order valence-electron chi connectivity index (χ0n) is 16.9. The van der Waals surface area contributed by atoms with E-state index in [-0.39, 0.29) is 29.7 Å². The van der Waals surface area contributed by atoms with Crippen molar-refractivity contribution in [1.29, 1.82) is 0 Å². The molecule has 0 aliphatic carbocycles. The smallest absolute Gasteiger partial charge is 0.419 e. The summed E-state index contributed by atoms with van der Waals surface area (Å²) < 4.78 is 44.0. The molecule has 1 amide bonds. The van der Waals surface area contributed by atoms with Gasteiger partial charge in [0.2, 0.25) is 0 Å². The number of rotatable bonds is 4. The van der Waals surface area contributed by atoms with Gasteiger partial charge in [0.1, 0.15) is 11.8 Å². The number of hydrogen-bond acceptors (Lipinski definition) is 7. The number of nitrogens with zero attached hydrogens (tertiary/aromatic N) is 7. The van der Waals surface area contributed by atoms with Gasteiger partial charge in [-0.3, -0.25) is 4.79 Å². The van der Waals surface area contributed by atoms with Crippen LogP contribution in [0.25, 0.3) is 5.69 Å². The second kappa shape index (κ2) is 7.53. The number of aromatic nitrogens is 6. The minimum Gasteiger partial charge on any atom is -0.458 e. The van der Waals surface area contributed by atoms with Crippen LogP contribution in [0.1, 0.15) is 40.9 Å². The molecule has 0 unspecified atom stereocenters. The lowest BCUT2D eigenvalue weighted by Gasteiger charge is -2.24. The predicted octanol–water partition coefficient (Wildman–Crippen LogP) is 2.60. The van der Waals surface area contributed by atoms with Gasteiger partial charge in [-0.15, -0.1) is 4.80 Å². The summed E-state index contributed by atoms with van der Waals surface area (Å²) >= 11 is 0. The Morgan fingerprint density at radius 1 is 1.09 bits per heavy atom. The standard InChI is InChI=1S/C20H18F3N7O2/c1-11-6-15(30-27-4-5-28-30)17(24-8-11)18(31)29-13-2-3-14(29)16(7-13)32-19-25-9-12(10-26-19)20(21,22)23/h4-6,8-10,13-14,16H,2-3,7H2,1H3/t13-,14+,16-/m1/s1. The molecule has 2 bridgehead atoms. The van der Waals surface area contributed by atoms with Gasteiger partial charge >= 0.3 is 12.2 Å². The van der Waals surface area contributed by atoms with E-state index in [1.165, 1.54) is 17.2 Å². The molecule has 5 rings (SSSR count). The molecule has 3 aromatic rings. The second-order valence-electron chi connectivity index (χ2n) is 7.85. The van der Waals surface area contributed by atoms with Crippen molar-refractivity contribution < 1.29 is 22.7 Å². The lowest BCUT2D eigenvalue weighted by molar-refractivity contribution is -0.138. The van der Waals surface area contributed by atoms with Crippen molar-refractivity contribution >= 4 is 5.91 Å². The van der Waals surface area contributed by atoms with Crippen LogP contribution in [0.5, 0.6) is 6.01 Å². The Bertz CT molecular complexity index is 1140. The summed E-state index contributed by atoms with van der Waals surface area (Å²) in [4.78, 5) is 28.3. The normalized spacial score (nSPS) is 22.4. The Labute approximate surface area is 180 Å². The average Bonchev–Trinajstić information content (AvgIpc) is 3.49. The fraction of sp³-hybridized carbons (Fsp3) is 0.400. The second-order valence-corrected chi connectivity index (χ2v) is 7.85. The van der Waals surface area contributed by atoms with Crippen LogP contribution in [-0.4, -0.2) is 58.9 Å². The maximum atomic E-state index is 13.5. The molecule has 9 nitrogen and oxygen atoms in total. The van der Waals surface area contributed by atoms with Crippen LogP contribution in [0.3, 0.4) is 0 Å². The molecule has 0 saturated carbocycles. The van der Waals surface area contributed by atoms with Crippen LogP contribution in [0.4, 0.5) is 13.2 Å². The van der Waals surface area contributed by atoms with Crippen LogP contribution in [-0.2, 0) is 6.18 Å². The first-order valence-corrected chi connectivity index (χ1v) is 10.0. The quantitative estimate of drug-likeness (QED) is 0.609. The van der Waals surface area contributed by atoms with Crippen molar-refractivity contribution in [3.8, 4) is 11.7 Å². The van der Waals surface area contributed by atoms with Gasteiger partial charge in [0.25, 0.3) is 5.91 Å². The van der Waals surface area contributed by atoms with E-state index in [1.807, 2.05) is 6.92 Å². The maximum Gasteiger partial charge on any atom is 0.419 e. The highest BCUT2D eigenvalue weighted by Crippen LogP contribution is 2.40. The molecule has 2 aliphatic heterocycles. The molecule has 12 heteroatoms. The predicted molar refractivity (Wildman–Crippen MR) is 103 cm³/mol. The van der Waals surface area contributed by atoms with Gasteiger partial charge in [-0.25, -0.2) is 15.0 Å². The molecule has 0 N–H and O–H groups in total. The van der Waals surface area contributed by atoms with E-state index in [0.717, 1.165) is 12.0 Å². The number of carbonyl (C=O) groups is 1. The highest BCUT2D eigenvalue weighted by atomic mass is 19.4. The van der Waals surface area contributed by atoms with E-state index in [9.17, 15) is 18.0 Å². The first kappa shape index (κ1) is 20.3. The molecule has 2 fully saturated rings. The van der Waals surface area contributed by atoms with Crippen molar-refractivity contribution in [2.24, 2.45) is 0 Å². The summed E-state index contributed by atoms with van der Waals surface area (Å²) in [5.41, 5.74) is 0.628. The molecule has 3 atom stereocenters. The fourth-order valence-corrected chi connectivity index (χ4v) is 4.37. The Hall–Kier alpha value is -3.57. The highest BCUT2D eigenvalue weighted by Gasteiger charge is 2.51. The Morgan fingerprint density at radius 2 is 1.81 bits per heavy atom. The zero-order chi connectivity index (χ0) is 22.5. The number of amides is 1. The molecular formula is C20H18F3N7O2. The third kappa shape index (κ3) is 3.55. The number of pyridine rings is 1. The molecule has 0 spiro atoms. The van der Waals surface area contributed by atoms with E-state index < -0.39 is 17.8 Å². The average molecular weight is 445 g/mol. The third-order valence-corrected chi connectivity index (χ3v) is 5.77. The minimum absolute atomic E-state index is 0.0616. The SMILES string of the molecule is Cc1cnc(C(=O)N2[C@@H]3CC[C@H]2[C@H](Oc2ncc(C(F)(F)F)cn2)C3)c(-n2nccn2)c1. The van der Waals surface area contributed by atoms with Crippen LogP contribution in [0.15, 0.2) is 37.1 Å².